The highest BCUT2D eigenvalue weighted by Gasteiger charge is 2.28. The molecule has 7 nitrogen and oxygen atoms in total. The Morgan fingerprint density at radius 2 is 1.32 bits per heavy atom. The predicted octanol–water partition coefficient (Wildman–Crippen LogP) is 0.698. The molecule has 0 aliphatic rings. The van der Waals surface area contributed by atoms with E-state index in [2.05, 4.69) is 0 Å². The van der Waals surface area contributed by atoms with Gasteiger partial charge in [0.1, 0.15) is 0 Å². The molecule has 0 aliphatic heterocycles. The van der Waals surface area contributed by atoms with Crippen molar-refractivity contribution in [3.05, 3.63) is 0 Å². The summed E-state index contributed by atoms with van der Waals surface area (Å²) in [5.41, 5.74) is -1.01. The number of aliphatic carboxylic acids is 1. The maximum Gasteiger partial charge on any atom is 0.305 e. The molecular formula is C15H28O7. The SMILES string of the molecule is O=C(O)CCCCCCCC(=O)OCCC(CO)(CO)CO. The van der Waals surface area contributed by atoms with Crippen LogP contribution in [-0.2, 0) is 14.3 Å². The largest absolute Gasteiger partial charge is 0.481 e. The molecule has 4 N–H and O–H groups in total. The van der Waals surface area contributed by atoms with Crippen molar-refractivity contribution >= 4 is 11.9 Å². The molecule has 0 aromatic carbocycles. The summed E-state index contributed by atoms with van der Waals surface area (Å²) in [6.45, 7) is -1.05. The van der Waals surface area contributed by atoms with Crippen LogP contribution in [0.2, 0.25) is 0 Å². The molecule has 0 saturated heterocycles. The predicted molar refractivity (Wildman–Crippen MR) is 79.2 cm³/mol. The monoisotopic (exact) mass is 320 g/mol. The van der Waals surface area contributed by atoms with E-state index in [1.807, 2.05) is 0 Å². The van der Waals surface area contributed by atoms with Crippen molar-refractivity contribution in [1.29, 1.82) is 0 Å². The highest BCUT2D eigenvalue weighted by Crippen LogP contribution is 2.20. The standard InChI is InChI=1S/C15H28O7/c16-10-15(11-17,12-18)8-9-22-14(21)7-5-3-1-2-4-6-13(19)20/h16-18H,1-12H2,(H,19,20). The molecule has 0 fully saturated rings. The fraction of sp³-hybridized carbons (Fsp3) is 0.867. The maximum absolute atomic E-state index is 11.5. The van der Waals surface area contributed by atoms with Crippen molar-refractivity contribution in [3.8, 4) is 0 Å². The van der Waals surface area contributed by atoms with Crippen LogP contribution in [0.1, 0.15) is 51.4 Å². The molecule has 7 heteroatoms. The molecule has 130 valence electrons. The van der Waals surface area contributed by atoms with Crippen LogP contribution in [0.25, 0.3) is 0 Å². The summed E-state index contributed by atoms with van der Waals surface area (Å²) in [6.07, 6.45) is 4.62. The molecule has 0 aromatic rings. The summed E-state index contributed by atoms with van der Waals surface area (Å²) in [5, 5.41) is 35.8. The zero-order valence-electron chi connectivity index (χ0n) is 13.0. The Morgan fingerprint density at radius 1 is 0.818 bits per heavy atom. The summed E-state index contributed by atoms with van der Waals surface area (Å²) < 4.78 is 5.01. The Labute approximate surface area is 130 Å². The lowest BCUT2D eigenvalue weighted by Crippen LogP contribution is -2.35. The van der Waals surface area contributed by atoms with Crippen molar-refractivity contribution in [2.75, 3.05) is 26.4 Å². The van der Waals surface area contributed by atoms with E-state index in [9.17, 15) is 9.59 Å². The minimum absolute atomic E-state index is 0.0547. The number of carbonyl (C=O) groups excluding carboxylic acids is 1. The highest BCUT2D eigenvalue weighted by atomic mass is 16.5. The van der Waals surface area contributed by atoms with Gasteiger partial charge in [0, 0.05) is 18.3 Å². The number of ether oxygens (including phenoxy) is 1. The zero-order valence-corrected chi connectivity index (χ0v) is 13.0. The number of aliphatic hydroxyl groups is 3. The number of carboxylic acid groups (broad SMARTS) is 1. The van der Waals surface area contributed by atoms with Gasteiger partial charge in [0.2, 0.25) is 0 Å². The van der Waals surface area contributed by atoms with Crippen LogP contribution in [0.5, 0.6) is 0 Å². The lowest BCUT2D eigenvalue weighted by molar-refractivity contribution is -0.145. The summed E-state index contributed by atoms with van der Waals surface area (Å²) in [7, 11) is 0. The van der Waals surface area contributed by atoms with Crippen LogP contribution in [0.4, 0.5) is 0 Å². The normalized spacial score (nSPS) is 11.4. The van der Waals surface area contributed by atoms with Gasteiger partial charge in [-0.15, -0.1) is 0 Å². The van der Waals surface area contributed by atoms with Gasteiger partial charge in [-0.3, -0.25) is 9.59 Å². The van der Waals surface area contributed by atoms with E-state index in [1.54, 1.807) is 0 Å². The Bertz CT molecular complexity index is 305. The van der Waals surface area contributed by atoms with E-state index in [-0.39, 0.29) is 45.2 Å². The summed E-state index contributed by atoms with van der Waals surface area (Å²) in [6, 6.07) is 0. The van der Waals surface area contributed by atoms with E-state index in [0.717, 1.165) is 19.3 Å². The summed E-state index contributed by atoms with van der Waals surface area (Å²) >= 11 is 0. The number of carboxylic acids is 1. The molecule has 22 heavy (non-hydrogen) atoms. The molecule has 0 atom stereocenters. The number of unbranched alkanes of at least 4 members (excludes halogenated alkanes) is 4. The van der Waals surface area contributed by atoms with E-state index in [1.165, 1.54) is 0 Å². The van der Waals surface area contributed by atoms with Gasteiger partial charge in [0.15, 0.2) is 0 Å². The second-order valence-corrected chi connectivity index (χ2v) is 5.61. The second kappa shape index (κ2) is 12.4. The first-order valence-corrected chi connectivity index (χ1v) is 7.69. The molecule has 0 radical (unpaired) electrons. The molecule has 0 amide bonds. The molecule has 0 spiro atoms. The minimum atomic E-state index is -1.01. The first-order chi connectivity index (χ1) is 10.5. The van der Waals surface area contributed by atoms with Gasteiger partial charge >= 0.3 is 11.9 Å². The van der Waals surface area contributed by atoms with Gasteiger partial charge < -0.3 is 25.2 Å². The third-order valence-electron chi connectivity index (χ3n) is 3.67. The Morgan fingerprint density at radius 3 is 1.82 bits per heavy atom. The highest BCUT2D eigenvalue weighted by molar-refractivity contribution is 5.69. The van der Waals surface area contributed by atoms with Crippen molar-refractivity contribution in [2.24, 2.45) is 5.41 Å². The lowest BCUT2D eigenvalue weighted by Gasteiger charge is -2.26. The summed E-state index contributed by atoms with van der Waals surface area (Å²) in [4.78, 5) is 21.8. The first-order valence-electron chi connectivity index (χ1n) is 7.69. The van der Waals surface area contributed by atoms with Crippen LogP contribution >= 0.6 is 0 Å². The van der Waals surface area contributed by atoms with Crippen LogP contribution in [0.15, 0.2) is 0 Å². The molecule has 0 bridgehead atoms. The fourth-order valence-electron chi connectivity index (χ4n) is 1.92. The molecule has 0 unspecified atom stereocenters. The minimum Gasteiger partial charge on any atom is -0.481 e. The van der Waals surface area contributed by atoms with Crippen LogP contribution in [0, 0.1) is 5.41 Å². The average molecular weight is 320 g/mol. The molecule has 0 aliphatic carbocycles. The maximum atomic E-state index is 11.5. The lowest BCUT2D eigenvalue weighted by atomic mass is 9.88. The number of hydrogen-bond acceptors (Lipinski definition) is 6. The van der Waals surface area contributed by atoms with Crippen molar-refractivity contribution in [2.45, 2.75) is 51.4 Å². The smallest absolute Gasteiger partial charge is 0.305 e. The van der Waals surface area contributed by atoms with Gasteiger partial charge in [-0.1, -0.05) is 19.3 Å². The third-order valence-corrected chi connectivity index (χ3v) is 3.67. The quantitative estimate of drug-likeness (QED) is 0.274. The third kappa shape index (κ3) is 9.70. The first kappa shape index (κ1) is 20.8. The molecular weight excluding hydrogens is 292 g/mol. The van der Waals surface area contributed by atoms with Crippen molar-refractivity contribution in [1.82, 2.24) is 0 Å². The van der Waals surface area contributed by atoms with Crippen molar-refractivity contribution in [3.63, 3.8) is 0 Å². The van der Waals surface area contributed by atoms with E-state index in [0.29, 0.717) is 19.3 Å². The molecule has 0 heterocycles. The van der Waals surface area contributed by atoms with E-state index in [4.69, 9.17) is 25.2 Å². The second-order valence-electron chi connectivity index (χ2n) is 5.61. The van der Waals surface area contributed by atoms with E-state index < -0.39 is 11.4 Å². The fourth-order valence-corrected chi connectivity index (χ4v) is 1.92. The van der Waals surface area contributed by atoms with Gasteiger partial charge in [0.25, 0.3) is 0 Å². The number of hydrogen-bond donors (Lipinski definition) is 4. The van der Waals surface area contributed by atoms with E-state index >= 15 is 0 Å². The molecule has 0 rings (SSSR count). The van der Waals surface area contributed by atoms with Crippen LogP contribution < -0.4 is 0 Å². The Hall–Kier alpha value is -1.18. The average Bonchev–Trinajstić information content (AvgIpc) is 2.51. The Balaban J connectivity index is 3.60. The molecule has 0 aromatic heterocycles. The van der Waals surface area contributed by atoms with Crippen LogP contribution in [0.3, 0.4) is 0 Å². The number of carbonyl (C=O) groups is 2. The molecule has 0 saturated carbocycles. The summed E-state index contributed by atoms with van der Waals surface area (Å²) in [5.74, 6) is -1.12. The number of esters is 1. The van der Waals surface area contributed by atoms with Crippen molar-refractivity contribution < 1.29 is 34.8 Å². The zero-order chi connectivity index (χ0) is 16.8. The van der Waals surface area contributed by atoms with Gasteiger partial charge in [0.05, 0.1) is 26.4 Å². The van der Waals surface area contributed by atoms with Crippen LogP contribution in [-0.4, -0.2) is 58.8 Å². The number of aliphatic hydroxyl groups excluding tert-OH is 3. The van der Waals surface area contributed by atoms with Gasteiger partial charge in [-0.05, 0) is 19.3 Å². The van der Waals surface area contributed by atoms with Gasteiger partial charge in [-0.2, -0.15) is 0 Å². The topological polar surface area (TPSA) is 124 Å². The Kier molecular flexibility index (Phi) is 11.7. The number of rotatable bonds is 14. The van der Waals surface area contributed by atoms with Gasteiger partial charge in [-0.25, -0.2) is 0 Å².